The molecule has 0 bridgehead atoms. The molecule has 3 atom stereocenters. The summed E-state index contributed by atoms with van der Waals surface area (Å²) in [6, 6.07) is 0. The summed E-state index contributed by atoms with van der Waals surface area (Å²) in [5, 5.41) is 0. The summed E-state index contributed by atoms with van der Waals surface area (Å²) < 4.78 is 0. The molecule has 2 aliphatic heterocycles. The van der Waals surface area contributed by atoms with Crippen molar-refractivity contribution in [3.05, 3.63) is 0 Å². The third-order valence-corrected chi connectivity index (χ3v) is 5.06. The fourth-order valence-corrected chi connectivity index (χ4v) is 3.71. The molecule has 2 amide bonds. The van der Waals surface area contributed by atoms with Crippen molar-refractivity contribution in [1.29, 1.82) is 0 Å². The zero-order chi connectivity index (χ0) is 14.1. The van der Waals surface area contributed by atoms with Gasteiger partial charge in [-0.2, -0.15) is 0 Å². The van der Waals surface area contributed by atoms with E-state index in [1.54, 1.807) is 0 Å². The molecule has 0 N–H and O–H groups in total. The van der Waals surface area contributed by atoms with Crippen molar-refractivity contribution in [2.75, 3.05) is 26.2 Å². The van der Waals surface area contributed by atoms with Crippen molar-refractivity contribution >= 4 is 11.8 Å². The summed E-state index contributed by atoms with van der Waals surface area (Å²) in [4.78, 5) is 28.8. The molecule has 2 heterocycles. The Kier molecular flexibility index (Phi) is 3.99. The van der Waals surface area contributed by atoms with Gasteiger partial charge in [0.2, 0.25) is 11.8 Å². The van der Waals surface area contributed by atoms with Crippen LogP contribution in [0.15, 0.2) is 0 Å². The zero-order valence-corrected chi connectivity index (χ0v) is 12.5. The van der Waals surface area contributed by atoms with Crippen LogP contribution >= 0.6 is 0 Å². The first-order valence-electron chi connectivity index (χ1n) is 8.24. The van der Waals surface area contributed by atoms with Gasteiger partial charge in [-0.3, -0.25) is 9.59 Å². The van der Waals surface area contributed by atoms with E-state index in [4.69, 9.17) is 0 Å². The molecule has 0 spiro atoms. The Labute approximate surface area is 121 Å². The third-order valence-electron chi connectivity index (χ3n) is 5.06. The van der Waals surface area contributed by atoms with E-state index in [-0.39, 0.29) is 23.7 Å². The standard InChI is InChI=1S/C16H26N2O2/c1-12-6-5-9-18(11-12)16(20)14-10-13(14)15(19)17-7-3-2-4-8-17/h12-14H,2-11H2,1H3. The van der Waals surface area contributed by atoms with E-state index in [0.717, 1.165) is 51.9 Å². The van der Waals surface area contributed by atoms with Gasteiger partial charge in [0.15, 0.2) is 0 Å². The SMILES string of the molecule is CC1CCCN(C(=O)C2CC2C(=O)N2CCCCC2)C1. The van der Waals surface area contributed by atoms with E-state index in [2.05, 4.69) is 6.92 Å². The van der Waals surface area contributed by atoms with E-state index in [1.165, 1.54) is 12.8 Å². The summed E-state index contributed by atoms with van der Waals surface area (Å²) in [7, 11) is 0. The van der Waals surface area contributed by atoms with Gasteiger partial charge in [0.1, 0.15) is 0 Å². The highest BCUT2D eigenvalue weighted by Crippen LogP contribution is 2.42. The van der Waals surface area contributed by atoms with Gasteiger partial charge >= 0.3 is 0 Å². The number of hydrogen-bond donors (Lipinski definition) is 0. The second kappa shape index (κ2) is 5.74. The van der Waals surface area contributed by atoms with Crippen LogP contribution in [0.25, 0.3) is 0 Å². The lowest BCUT2D eigenvalue weighted by Crippen LogP contribution is -2.41. The van der Waals surface area contributed by atoms with Gasteiger partial charge in [0, 0.05) is 26.2 Å². The number of carbonyl (C=O) groups excluding carboxylic acids is 2. The van der Waals surface area contributed by atoms with Crippen molar-refractivity contribution in [2.45, 2.75) is 45.4 Å². The van der Waals surface area contributed by atoms with Crippen LogP contribution in [0.2, 0.25) is 0 Å². The first-order chi connectivity index (χ1) is 9.66. The van der Waals surface area contributed by atoms with Gasteiger partial charge in [-0.15, -0.1) is 0 Å². The second-order valence-corrected chi connectivity index (χ2v) is 6.87. The summed E-state index contributed by atoms with van der Waals surface area (Å²) in [6.07, 6.45) is 6.62. The smallest absolute Gasteiger partial charge is 0.226 e. The third kappa shape index (κ3) is 2.84. The van der Waals surface area contributed by atoms with Crippen LogP contribution in [0.1, 0.15) is 45.4 Å². The first-order valence-corrected chi connectivity index (χ1v) is 8.24. The van der Waals surface area contributed by atoms with Crippen LogP contribution in [0.3, 0.4) is 0 Å². The van der Waals surface area contributed by atoms with Crippen molar-refractivity contribution in [3.63, 3.8) is 0 Å². The van der Waals surface area contributed by atoms with Crippen molar-refractivity contribution < 1.29 is 9.59 Å². The normalized spacial score (nSPS) is 34.0. The number of nitrogens with zero attached hydrogens (tertiary/aromatic N) is 2. The lowest BCUT2D eigenvalue weighted by molar-refractivity contribution is -0.139. The Morgan fingerprint density at radius 3 is 2.10 bits per heavy atom. The quantitative estimate of drug-likeness (QED) is 0.774. The van der Waals surface area contributed by atoms with Gasteiger partial charge in [-0.05, 0) is 44.4 Å². The number of rotatable bonds is 2. The maximum Gasteiger partial charge on any atom is 0.226 e. The topological polar surface area (TPSA) is 40.6 Å². The van der Waals surface area contributed by atoms with Crippen molar-refractivity contribution in [3.8, 4) is 0 Å². The van der Waals surface area contributed by atoms with E-state index in [9.17, 15) is 9.59 Å². The highest BCUT2D eigenvalue weighted by molar-refractivity contribution is 5.92. The van der Waals surface area contributed by atoms with Gasteiger partial charge in [0.25, 0.3) is 0 Å². The lowest BCUT2D eigenvalue weighted by Gasteiger charge is -2.31. The van der Waals surface area contributed by atoms with Crippen LogP contribution in [0.4, 0.5) is 0 Å². The van der Waals surface area contributed by atoms with Crippen molar-refractivity contribution in [2.24, 2.45) is 17.8 Å². The predicted octanol–water partition coefficient (Wildman–Crippen LogP) is 1.89. The molecule has 112 valence electrons. The molecule has 0 radical (unpaired) electrons. The van der Waals surface area contributed by atoms with Crippen LogP contribution in [-0.2, 0) is 9.59 Å². The molecule has 0 aromatic rings. The van der Waals surface area contributed by atoms with Gasteiger partial charge in [0.05, 0.1) is 11.8 Å². The molecule has 3 unspecified atom stereocenters. The Balaban J connectivity index is 1.52. The molecule has 0 aromatic heterocycles. The minimum absolute atomic E-state index is 0.00201. The number of amides is 2. The average molecular weight is 278 g/mol. The Hall–Kier alpha value is -1.06. The number of hydrogen-bond acceptors (Lipinski definition) is 2. The lowest BCUT2D eigenvalue weighted by atomic mass is 10.00. The first kappa shape index (κ1) is 13.9. The van der Waals surface area contributed by atoms with Crippen LogP contribution in [-0.4, -0.2) is 47.8 Å². The molecule has 4 nitrogen and oxygen atoms in total. The monoisotopic (exact) mass is 278 g/mol. The fourth-order valence-electron chi connectivity index (χ4n) is 3.71. The van der Waals surface area contributed by atoms with E-state index in [1.807, 2.05) is 9.80 Å². The van der Waals surface area contributed by atoms with E-state index >= 15 is 0 Å². The second-order valence-electron chi connectivity index (χ2n) is 6.87. The molecule has 4 heteroatoms. The van der Waals surface area contributed by atoms with Crippen LogP contribution in [0, 0.1) is 17.8 Å². The molecule has 1 saturated carbocycles. The Morgan fingerprint density at radius 2 is 1.45 bits per heavy atom. The molecule has 20 heavy (non-hydrogen) atoms. The molecule has 3 fully saturated rings. The Bertz CT molecular complexity index is 390. The van der Waals surface area contributed by atoms with Crippen LogP contribution < -0.4 is 0 Å². The summed E-state index contributed by atoms with van der Waals surface area (Å²) in [5.41, 5.74) is 0. The maximum absolute atomic E-state index is 12.5. The average Bonchev–Trinajstić information content (AvgIpc) is 3.27. The molecular formula is C16H26N2O2. The van der Waals surface area contributed by atoms with Gasteiger partial charge < -0.3 is 9.80 Å². The van der Waals surface area contributed by atoms with E-state index in [0.29, 0.717) is 5.92 Å². The molecule has 3 rings (SSSR count). The minimum Gasteiger partial charge on any atom is -0.342 e. The largest absolute Gasteiger partial charge is 0.342 e. The number of likely N-dealkylation sites (tertiary alicyclic amines) is 2. The maximum atomic E-state index is 12.5. The fraction of sp³-hybridized carbons (Fsp3) is 0.875. The molecule has 2 saturated heterocycles. The number of carbonyl (C=O) groups is 2. The molecular weight excluding hydrogens is 252 g/mol. The molecule has 1 aliphatic carbocycles. The van der Waals surface area contributed by atoms with Gasteiger partial charge in [-0.25, -0.2) is 0 Å². The van der Waals surface area contributed by atoms with E-state index < -0.39 is 0 Å². The minimum atomic E-state index is -0.00488. The van der Waals surface area contributed by atoms with Crippen LogP contribution in [0.5, 0.6) is 0 Å². The summed E-state index contributed by atoms with van der Waals surface area (Å²) in [6.45, 7) is 5.79. The summed E-state index contributed by atoms with van der Waals surface area (Å²) >= 11 is 0. The zero-order valence-electron chi connectivity index (χ0n) is 12.5. The highest BCUT2D eigenvalue weighted by Gasteiger charge is 2.51. The van der Waals surface area contributed by atoms with Gasteiger partial charge in [-0.1, -0.05) is 6.92 Å². The summed E-state index contributed by atoms with van der Waals surface area (Å²) in [5.74, 6) is 1.09. The number of piperidine rings is 2. The Morgan fingerprint density at radius 1 is 0.850 bits per heavy atom. The van der Waals surface area contributed by atoms with Crippen molar-refractivity contribution in [1.82, 2.24) is 9.80 Å². The highest BCUT2D eigenvalue weighted by atomic mass is 16.2. The molecule has 0 aromatic carbocycles. The predicted molar refractivity (Wildman–Crippen MR) is 77.0 cm³/mol. The molecule has 3 aliphatic rings.